The van der Waals surface area contributed by atoms with Crippen LogP contribution in [0.1, 0.15) is 36.1 Å². The van der Waals surface area contributed by atoms with Gasteiger partial charge in [0.05, 0.1) is 24.0 Å². The van der Waals surface area contributed by atoms with Crippen molar-refractivity contribution in [2.24, 2.45) is 0 Å². The van der Waals surface area contributed by atoms with Crippen molar-refractivity contribution < 1.29 is 4.79 Å². The predicted molar refractivity (Wildman–Crippen MR) is 77.1 cm³/mol. The Morgan fingerprint density at radius 1 is 1.45 bits per heavy atom. The fourth-order valence-electron chi connectivity index (χ4n) is 2.85. The van der Waals surface area contributed by atoms with Crippen LogP contribution in [-0.2, 0) is 16.8 Å². The number of amides is 1. The Kier molecular flexibility index (Phi) is 3.30. The molecule has 0 unspecified atom stereocenters. The molecule has 0 aliphatic heterocycles. The Labute approximate surface area is 118 Å². The van der Waals surface area contributed by atoms with Gasteiger partial charge < -0.3 is 10.3 Å². The molecule has 0 radical (unpaired) electrons. The summed E-state index contributed by atoms with van der Waals surface area (Å²) in [5.41, 5.74) is 2.95. The van der Waals surface area contributed by atoms with Crippen molar-refractivity contribution in [3.63, 3.8) is 0 Å². The SMILES string of the molecule is Cc1cccc(C2(C(=O)NCc3cnc[nH]3)CCC2)c1. The van der Waals surface area contributed by atoms with Crippen molar-refractivity contribution in [1.82, 2.24) is 15.3 Å². The summed E-state index contributed by atoms with van der Waals surface area (Å²) in [5.74, 6) is 0.129. The monoisotopic (exact) mass is 269 g/mol. The summed E-state index contributed by atoms with van der Waals surface area (Å²) in [6.45, 7) is 2.57. The molecule has 1 aromatic heterocycles. The predicted octanol–water partition coefficient (Wildman–Crippen LogP) is 2.46. The number of hydrogen-bond donors (Lipinski definition) is 2. The first-order valence-corrected chi connectivity index (χ1v) is 7.03. The number of nitrogens with zero attached hydrogens (tertiary/aromatic N) is 1. The molecule has 0 spiro atoms. The van der Waals surface area contributed by atoms with E-state index in [1.165, 1.54) is 5.56 Å². The Bertz CT molecular complexity index is 600. The second kappa shape index (κ2) is 5.12. The van der Waals surface area contributed by atoms with Crippen molar-refractivity contribution in [3.05, 3.63) is 53.6 Å². The number of H-pyrrole nitrogens is 1. The molecule has 104 valence electrons. The van der Waals surface area contributed by atoms with E-state index in [0.29, 0.717) is 6.54 Å². The fourth-order valence-corrected chi connectivity index (χ4v) is 2.85. The third-order valence-electron chi connectivity index (χ3n) is 4.21. The van der Waals surface area contributed by atoms with Gasteiger partial charge >= 0.3 is 0 Å². The molecule has 3 rings (SSSR count). The van der Waals surface area contributed by atoms with Crippen molar-refractivity contribution in [2.75, 3.05) is 0 Å². The summed E-state index contributed by atoms with van der Waals surface area (Å²) in [5, 5.41) is 3.04. The van der Waals surface area contributed by atoms with E-state index in [4.69, 9.17) is 0 Å². The molecule has 1 aromatic carbocycles. The van der Waals surface area contributed by atoms with Crippen LogP contribution in [0.3, 0.4) is 0 Å². The zero-order valence-corrected chi connectivity index (χ0v) is 11.6. The smallest absolute Gasteiger partial charge is 0.230 e. The Morgan fingerprint density at radius 3 is 2.90 bits per heavy atom. The van der Waals surface area contributed by atoms with E-state index < -0.39 is 0 Å². The van der Waals surface area contributed by atoms with Gasteiger partial charge in [0.25, 0.3) is 0 Å². The molecule has 0 bridgehead atoms. The maximum atomic E-state index is 12.6. The van der Waals surface area contributed by atoms with Crippen LogP contribution in [0.2, 0.25) is 0 Å². The zero-order valence-electron chi connectivity index (χ0n) is 11.6. The van der Waals surface area contributed by atoms with Gasteiger partial charge in [-0.3, -0.25) is 4.79 Å². The number of carbonyl (C=O) groups is 1. The maximum Gasteiger partial charge on any atom is 0.230 e. The summed E-state index contributed by atoms with van der Waals surface area (Å²) >= 11 is 0. The van der Waals surface area contributed by atoms with Crippen molar-refractivity contribution >= 4 is 5.91 Å². The number of nitrogens with one attached hydrogen (secondary N) is 2. The van der Waals surface area contributed by atoms with Gasteiger partial charge in [-0.05, 0) is 25.3 Å². The van der Waals surface area contributed by atoms with E-state index in [1.54, 1.807) is 12.5 Å². The summed E-state index contributed by atoms with van der Waals surface area (Å²) in [6, 6.07) is 8.31. The minimum Gasteiger partial charge on any atom is -0.350 e. The van der Waals surface area contributed by atoms with Crippen LogP contribution in [0.15, 0.2) is 36.8 Å². The highest BCUT2D eigenvalue weighted by atomic mass is 16.2. The van der Waals surface area contributed by atoms with E-state index in [0.717, 1.165) is 30.5 Å². The lowest BCUT2D eigenvalue weighted by molar-refractivity contribution is -0.130. The topological polar surface area (TPSA) is 57.8 Å². The molecule has 0 atom stereocenters. The average molecular weight is 269 g/mol. The third-order valence-corrected chi connectivity index (χ3v) is 4.21. The molecule has 1 fully saturated rings. The molecule has 4 nitrogen and oxygen atoms in total. The fraction of sp³-hybridized carbons (Fsp3) is 0.375. The molecule has 0 saturated heterocycles. The van der Waals surface area contributed by atoms with Crippen molar-refractivity contribution in [3.8, 4) is 0 Å². The number of imidazole rings is 1. The number of carbonyl (C=O) groups excluding carboxylic acids is 1. The largest absolute Gasteiger partial charge is 0.350 e. The van der Waals surface area contributed by atoms with Gasteiger partial charge in [0.2, 0.25) is 5.91 Å². The highest BCUT2D eigenvalue weighted by Gasteiger charge is 2.45. The van der Waals surface area contributed by atoms with Gasteiger partial charge in [-0.2, -0.15) is 0 Å². The Balaban J connectivity index is 1.76. The second-order valence-corrected chi connectivity index (χ2v) is 5.56. The van der Waals surface area contributed by atoms with Gasteiger partial charge in [-0.25, -0.2) is 4.98 Å². The zero-order chi connectivity index (χ0) is 14.0. The molecule has 1 heterocycles. The molecule has 4 heteroatoms. The third kappa shape index (κ3) is 2.22. The van der Waals surface area contributed by atoms with Gasteiger partial charge in [0.15, 0.2) is 0 Å². The lowest BCUT2D eigenvalue weighted by Gasteiger charge is -2.40. The molecular weight excluding hydrogens is 250 g/mol. The van der Waals surface area contributed by atoms with E-state index in [1.807, 2.05) is 6.07 Å². The first-order valence-electron chi connectivity index (χ1n) is 7.03. The number of aromatic nitrogens is 2. The summed E-state index contributed by atoms with van der Waals surface area (Å²) in [4.78, 5) is 19.6. The molecule has 2 aromatic rings. The van der Waals surface area contributed by atoms with Gasteiger partial charge in [-0.1, -0.05) is 36.2 Å². The number of aromatic amines is 1. The quantitative estimate of drug-likeness (QED) is 0.895. The maximum absolute atomic E-state index is 12.6. The Morgan fingerprint density at radius 2 is 2.30 bits per heavy atom. The van der Waals surface area contributed by atoms with Crippen LogP contribution in [0.4, 0.5) is 0 Å². The first kappa shape index (κ1) is 12.9. The second-order valence-electron chi connectivity index (χ2n) is 5.56. The van der Waals surface area contributed by atoms with E-state index in [2.05, 4.69) is 40.4 Å². The van der Waals surface area contributed by atoms with Crippen LogP contribution in [0.5, 0.6) is 0 Å². The first-order chi connectivity index (χ1) is 9.71. The number of aryl methyl sites for hydroxylation is 1. The molecular formula is C16H19N3O. The van der Waals surface area contributed by atoms with E-state index >= 15 is 0 Å². The lowest BCUT2D eigenvalue weighted by Crippen LogP contribution is -2.49. The molecule has 20 heavy (non-hydrogen) atoms. The van der Waals surface area contributed by atoms with Crippen LogP contribution < -0.4 is 5.32 Å². The van der Waals surface area contributed by atoms with E-state index in [9.17, 15) is 4.79 Å². The normalized spacial score (nSPS) is 16.4. The standard InChI is InChI=1S/C16H19N3O/c1-12-4-2-5-13(8-12)16(6-3-7-16)15(20)18-10-14-9-17-11-19-14/h2,4-5,8-9,11H,3,6-7,10H2,1H3,(H,17,19)(H,18,20). The van der Waals surface area contributed by atoms with Gasteiger partial charge in [0.1, 0.15) is 0 Å². The number of rotatable bonds is 4. The van der Waals surface area contributed by atoms with Gasteiger partial charge in [0, 0.05) is 6.20 Å². The number of benzene rings is 1. The van der Waals surface area contributed by atoms with Crippen molar-refractivity contribution in [1.29, 1.82) is 0 Å². The van der Waals surface area contributed by atoms with Crippen LogP contribution in [0, 0.1) is 6.92 Å². The summed E-state index contributed by atoms with van der Waals surface area (Å²) in [6.07, 6.45) is 6.35. The molecule has 1 aliphatic rings. The molecule has 1 saturated carbocycles. The van der Waals surface area contributed by atoms with Crippen LogP contribution in [-0.4, -0.2) is 15.9 Å². The lowest BCUT2D eigenvalue weighted by atomic mass is 9.63. The average Bonchev–Trinajstić information content (AvgIpc) is 2.88. The minimum absolute atomic E-state index is 0.129. The minimum atomic E-state index is -0.327. The molecule has 1 aliphatic carbocycles. The number of hydrogen-bond acceptors (Lipinski definition) is 2. The highest BCUT2D eigenvalue weighted by molar-refractivity contribution is 5.89. The summed E-state index contributed by atoms with van der Waals surface area (Å²) in [7, 11) is 0. The van der Waals surface area contributed by atoms with Crippen LogP contribution >= 0.6 is 0 Å². The highest BCUT2D eigenvalue weighted by Crippen LogP contribution is 2.44. The van der Waals surface area contributed by atoms with Gasteiger partial charge in [-0.15, -0.1) is 0 Å². The van der Waals surface area contributed by atoms with Crippen LogP contribution in [0.25, 0.3) is 0 Å². The molecule has 1 amide bonds. The molecule has 2 N–H and O–H groups in total. The van der Waals surface area contributed by atoms with Crippen molar-refractivity contribution in [2.45, 2.75) is 38.1 Å². The van der Waals surface area contributed by atoms with E-state index in [-0.39, 0.29) is 11.3 Å². The Hall–Kier alpha value is -2.10. The summed E-state index contributed by atoms with van der Waals surface area (Å²) < 4.78 is 0.